The zero-order valence-corrected chi connectivity index (χ0v) is 12.7. The highest BCUT2D eigenvalue weighted by Gasteiger charge is 2.36. The molecule has 0 bridgehead atoms. The predicted molar refractivity (Wildman–Crippen MR) is 75.2 cm³/mol. The maximum Gasteiger partial charge on any atom is 0.327 e. The number of rotatable bonds is 7. The summed E-state index contributed by atoms with van der Waals surface area (Å²) in [7, 11) is 0. The Labute approximate surface area is 116 Å². The summed E-state index contributed by atoms with van der Waals surface area (Å²) in [5.41, 5.74) is -0.636. The smallest absolute Gasteiger partial charge is 0.327 e. The molecule has 2 unspecified atom stereocenters. The topological polar surface area (TPSA) is 50.8 Å². The Morgan fingerprint density at radius 3 is 2.84 bits per heavy atom. The van der Waals surface area contributed by atoms with E-state index in [2.05, 4.69) is 24.1 Å². The van der Waals surface area contributed by atoms with Crippen LogP contribution >= 0.6 is 0 Å². The van der Waals surface area contributed by atoms with Crippen LogP contribution in [0.2, 0.25) is 0 Å². The summed E-state index contributed by atoms with van der Waals surface area (Å²) in [4.78, 5) is 14.5. The van der Waals surface area contributed by atoms with Gasteiger partial charge in [-0.1, -0.05) is 6.92 Å². The fraction of sp³-hybridized carbons (Fsp3) is 0.929. The van der Waals surface area contributed by atoms with Crippen molar-refractivity contribution in [3.8, 4) is 0 Å². The van der Waals surface area contributed by atoms with Crippen LogP contribution in [-0.4, -0.2) is 61.9 Å². The Kier molecular flexibility index (Phi) is 6.75. The molecule has 0 spiro atoms. The van der Waals surface area contributed by atoms with Gasteiger partial charge in [0.25, 0.3) is 0 Å². The number of ether oxygens (including phenoxy) is 2. The third-order valence-electron chi connectivity index (χ3n) is 3.36. The highest BCUT2D eigenvalue weighted by atomic mass is 16.5. The van der Waals surface area contributed by atoms with Gasteiger partial charge in [-0.3, -0.25) is 9.69 Å². The van der Waals surface area contributed by atoms with Gasteiger partial charge in [0.05, 0.1) is 19.3 Å². The third-order valence-corrected chi connectivity index (χ3v) is 3.36. The minimum Gasteiger partial charge on any atom is -0.465 e. The summed E-state index contributed by atoms with van der Waals surface area (Å²) in [6.45, 7) is 12.3. The van der Waals surface area contributed by atoms with Crippen molar-refractivity contribution >= 4 is 5.97 Å². The summed E-state index contributed by atoms with van der Waals surface area (Å²) in [6, 6.07) is 0. The number of carbonyl (C=O) groups is 1. The Balaban J connectivity index is 2.64. The molecule has 2 atom stereocenters. The Morgan fingerprint density at radius 1 is 1.53 bits per heavy atom. The van der Waals surface area contributed by atoms with Crippen molar-refractivity contribution in [3.63, 3.8) is 0 Å². The molecule has 0 saturated carbocycles. The minimum atomic E-state index is -0.636. The molecular weight excluding hydrogens is 244 g/mol. The molecule has 1 fully saturated rings. The first-order valence-electron chi connectivity index (χ1n) is 7.28. The van der Waals surface area contributed by atoms with E-state index in [4.69, 9.17) is 9.47 Å². The zero-order valence-electron chi connectivity index (χ0n) is 12.7. The van der Waals surface area contributed by atoms with Gasteiger partial charge in [-0.05, 0) is 33.7 Å². The van der Waals surface area contributed by atoms with Gasteiger partial charge >= 0.3 is 5.97 Å². The lowest BCUT2D eigenvalue weighted by atomic mass is 10.0. The van der Waals surface area contributed by atoms with E-state index >= 15 is 0 Å². The van der Waals surface area contributed by atoms with E-state index in [1.54, 1.807) is 0 Å². The van der Waals surface area contributed by atoms with Crippen LogP contribution in [0.5, 0.6) is 0 Å². The molecule has 1 saturated heterocycles. The summed E-state index contributed by atoms with van der Waals surface area (Å²) < 4.78 is 10.7. The summed E-state index contributed by atoms with van der Waals surface area (Å²) >= 11 is 0. The average molecular weight is 272 g/mol. The van der Waals surface area contributed by atoms with E-state index in [1.165, 1.54) is 0 Å². The molecule has 5 heteroatoms. The van der Waals surface area contributed by atoms with Crippen LogP contribution in [0.3, 0.4) is 0 Å². The maximum absolute atomic E-state index is 12.2. The van der Waals surface area contributed by atoms with E-state index in [0.29, 0.717) is 13.2 Å². The highest BCUT2D eigenvalue weighted by Crippen LogP contribution is 2.13. The van der Waals surface area contributed by atoms with Gasteiger partial charge < -0.3 is 14.8 Å². The quantitative estimate of drug-likeness (QED) is 0.702. The van der Waals surface area contributed by atoms with Crippen molar-refractivity contribution in [3.05, 3.63) is 0 Å². The molecule has 5 nitrogen and oxygen atoms in total. The summed E-state index contributed by atoms with van der Waals surface area (Å²) in [5.74, 6) is -0.164. The van der Waals surface area contributed by atoms with Crippen LogP contribution in [-0.2, 0) is 14.3 Å². The molecule has 112 valence electrons. The molecule has 0 aromatic rings. The Hall–Kier alpha value is -0.650. The molecule has 0 aromatic carbocycles. The molecule has 0 amide bonds. The van der Waals surface area contributed by atoms with E-state index in [-0.39, 0.29) is 12.1 Å². The third kappa shape index (κ3) is 5.09. The van der Waals surface area contributed by atoms with E-state index in [0.717, 1.165) is 32.7 Å². The monoisotopic (exact) mass is 272 g/mol. The standard InChI is InChI=1S/C14H28N2O3/c1-5-7-15-14(4,13(17)18-6-2)11-16-8-9-19-12(3)10-16/h12,15H,5-11H2,1-4H3. The fourth-order valence-electron chi connectivity index (χ4n) is 2.37. The van der Waals surface area contributed by atoms with E-state index in [9.17, 15) is 4.79 Å². The molecule has 1 heterocycles. The van der Waals surface area contributed by atoms with Gasteiger partial charge in [0.1, 0.15) is 5.54 Å². The van der Waals surface area contributed by atoms with E-state index in [1.807, 2.05) is 13.8 Å². The van der Waals surface area contributed by atoms with E-state index < -0.39 is 5.54 Å². The number of morpholine rings is 1. The minimum absolute atomic E-state index is 0.164. The number of hydrogen-bond acceptors (Lipinski definition) is 5. The molecule has 1 aliphatic heterocycles. The highest BCUT2D eigenvalue weighted by molar-refractivity contribution is 5.80. The van der Waals surface area contributed by atoms with Crippen LogP contribution in [0.4, 0.5) is 0 Å². The molecule has 1 rings (SSSR count). The van der Waals surface area contributed by atoms with Crippen LogP contribution in [0.1, 0.15) is 34.1 Å². The second-order valence-electron chi connectivity index (χ2n) is 5.40. The fourth-order valence-corrected chi connectivity index (χ4v) is 2.37. The Bertz CT molecular complexity index is 286. The number of nitrogens with one attached hydrogen (secondary N) is 1. The van der Waals surface area contributed by atoms with Gasteiger partial charge in [-0.25, -0.2) is 0 Å². The number of carbonyl (C=O) groups excluding carboxylic acids is 1. The summed E-state index contributed by atoms with van der Waals surface area (Å²) in [5, 5.41) is 3.34. The van der Waals surface area contributed by atoms with Gasteiger partial charge in [-0.15, -0.1) is 0 Å². The SMILES string of the molecule is CCCNC(C)(CN1CCOC(C)C1)C(=O)OCC. The van der Waals surface area contributed by atoms with Gasteiger partial charge in [-0.2, -0.15) is 0 Å². The summed E-state index contributed by atoms with van der Waals surface area (Å²) in [6.07, 6.45) is 1.22. The van der Waals surface area contributed by atoms with Crippen LogP contribution < -0.4 is 5.32 Å². The molecule has 0 aliphatic carbocycles. The maximum atomic E-state index is 12.2. The average Bonchev–Trinajstić information content (AvgIpc) is 2.36. The van der Waals surface area contributed by atoms with Crippen LogP contribution in [0.25, 0.3) is 0 Å². The van der Waals surface area contributed by atoms with Crippen molar-refractivity contribution in [1.29, 1.82) is 0 Å². The molecule has 1 N–H and O–H groups in total. The normalized spacial score (nSPS) is 23.9. The molecule has 0 radical (unpaired) electrons. The van der Waals surface area contributed by atoms with Crippen molar-refractivity contribution < 1.29 is 14.3 Å². The van der Waals surface area contributed by atoms with Gasteiger partial charge in [0.2, 0.25) is 0 Å². The lowest BCUT2D eigenvalue weighted by Crippen LogP contribution is -2.59. The number of nitrogens with zero attached hydrogens (tertiary/aromatic N) is 1. The van der Waals surface area contributed by atoms with Gasteiger partial charge in [0, 0.05) is 19.6 Å². The molecule has 0 aromatic heterocycles. The van der Waals surface area contributed by atoms with Gasteiger partial charge in [0.15, 0.2) is 0 Å². The van der Waals surface area contributed by atoms with Crippen molar-refractivity contribution in [1.82, 2.24) is 10.2 Å². The molecule has 19 heavy (non-hydrogen) atoms. The van der Waals surface area contributed by atoms with Crippen molar-refractivity contribution in [2.75, 3.05) is 39.4 Å². The van der Waals surface area contributed by atoms with Crippen molar-refractivity contribution in [2.24, 2.45) is 0 Å². The Morgan fingerprint density at radius 2 is 2.26 bits per heavy atom. The second kappa shape index (κ2) is 7.82. The van der Waals surface area contributed by atoms with Crippen molar-refractivity contribution in [2.45, 2.75) is 45.8 Å². The number of hydrogen-bond donors (Lipinski definition) is 1. The zero-order chi connectivity index (χ0) is 14.3. The first-order chi connectivity index (χ1) is 9.01. The van der Waals surface area contributed by atoms with Crippen LogP contribution in [0, 0.1) is 0 Å². The predicted octanol–water partition coefficient (Wildman–Crippen LogP) is 1.03. The largest absolute Gasteiger partial charge is 0.465 e. The first-order valence-corrected chi connectivity index (χ1v) is 7.28. The molecule has 1 aliphatic rings. The van der Waals surface area contributed by atoms with Crippen LogP contribution in [0.15, 0.2) is 0 Å². The lowest BCUT2D eigenvalue weighted by molar-refractivity contribution is -0.152. The second-order valence-corrected chi connectivity index (χ2v) is 5.40. The first kappa shape index (κ1) is 16.4. The molecular formula is C14H28N2O3. The lowest BCUT2D eigenvalue weighted by Gasteiger charge is -2.38. The number of esters is 1.